The van der Waals surface area contributed by atoms with E-state index < -0.39 is 9.84 Å². The van der Waals surface area contributed by atoms with E-state index in [9.17, 15) is 13.2 Å². The van der Waals surface area contributed by atoms with Gasteiger partial charge in [-0.25, -0.2) is 8.42 Å². The fourth-order valence-corrected chi connectivity index (χ4v) is 3.71. The van der Waals surface area contributed by atoms with E-state index >= 15 is 0 Å². The summed E-state index contributed by atoms with van der Waals surface area (Å²) in [7, 11) is -3.23. The van der Waals surface area contributed by atoms with Crippen molar-refractivity contribution in [3.05, 3.63) is 49.5 Å². The highest BCUT2D eigenvalue weighted by Crippen LogP contribution is 2.28. The van der Waals surface area contributed by atoms with Crippen molar-refractivity contribution >= 4 is 44.6 Å². The molecule has 0 spiro atoms. The fourth-order valence-electron chi connectivity index (χ4n) is 1.73. The van der Waals surface area contributed by atoms with Gasteiger partial charge < -0.3 is 0 Å². The zero-order chi connectivity index (χ0) is 15.1. The summed E-state index contributed by atoms with van der Waals surface area (Å²) in [6.07, 6.45) is 1.15. The molecule has 0 saturated heterocycles. The maximum atomic E-state index is 11.9. The van der Waals surface area contributed by atoms with Gasteiger partial charge in [0.05, 0.1) is 10.9 Å². The third-order valence-electron chi connectivity index (χ3n) is 2.88. The van der Waals surface area contributed by atoms with Crippen molar-refractivity contribution in [1.29, 1.82) is 0 Å². The first-order chi connectivity index (χ1) is 9.21. The van der Waals surface area contributed by atoms with Crippen molar-refractivity contribution in [3.8, 4) is 0 Å². The number of halogens is 2. The Morgan fingerprint density at radius 1 is 1.20 bits per heavy atom. The molecule has 2 rings (SSSR count). The summed E-state index contributed by atoms with van der Waals surface area (Å²) in [4.78, 5) is 12.1. The maximum Gasteiger partial charge on any atom is 0.281 e. The van der Waals surface area contributed by atoms with Crippen LogP contribution in [0, 0.1) is 0 Å². The topological polar surface area (TPSA) is 56.1 Å². The molecular formula is C12H11Cl2NO3S2. The number of sulfone groups is 1. The molecule has 1 aromatic heterocycles. The third kappa shape index (κ3) is 2.93. The van der Waals surface area contributed by atoms with Crippen molar-refractivity contribution in [3.63, 3.8) is 0 Å². The molecule has 0 radical (unpaired) electrons. The number of benzene rings is 1. The van der Waals surface area contributed by atoms with E-state index in [0.29, 0.717) is 0 Å². The summed E-state index contributed by atoms with van der Waals surface area (Å²) in [6, 6.07) is 6.11. The number of hydrogen-bond donors (Lipinski definition) is 0. The average molecular weight is 352 g/mol. The van der Waals surface area contributed by atoms with E-state index in [2.05, 4.69) is 0 Å². The smallest absolute Gasteiger partial charge is 0.267 e. The molecule has 0 bridgehead atoms. The Balaban J connectivity index is 2.41. The molecule has 1 atom stereocenters. The van der Waals surface area contributed by atoms with Crippen LogP contribution < -0.4 is 5.56 Å². The van der Waals surface area contributed by atoms with Crippen LogP contribution >= 0.6 is 34.7 Å². The molecule has 0 aliphatic rings. The van der Waals surface area contributed by atoms with Gasteiger partial charge in [-0.1, -0.05) is 35.3 Å². The van der Waals surface area contributed by atoms with Gasteiger partial charge in [0, 0.05) is 6.26 Å². The first-order valence-corrected chi connectivity index (χ1v) is 9.00. The Kier molecular flexibility index (Phi) is 4.30. The highest BCUT2D eigenvalue weighted by molar-refractivity contribution is 7.90. The van der Waals surface area contributed by atoms with Crippen molar-refractivity contribution in [1.82, 2.24) is 3.96 Å². The zero-order valence-corrected chi connectivity index (χ0v) is 13.8. The van der Waals surface area contributed by atoms with E-state index in [1.54, 1.807) is 12.1 Å². The van der Waals surface area contributed by atoms with Gasteiger partial charge >= 0.3 is 0 Å². The number of rotatable bonds is 3. The molecule has 0 fully saturated rings. The summed E-state index contributed by atoms with van der Waals surface area (Å²) in [5.41, 5.74) is 0.454. The second kappa shape index (κ2) is 5.52. The van der Waals surface area contributed by atoms with Crippen molar-refractivity contribution in [2.24, 2.45) is 0 Å². The van der Waals surface area contributed by atoms with Crippen LogP contribution in [-0.4, -0.2) is 18.6 Å². The van der Waals surface area contributed by atoms with Gasteiger partial charge in [-0.15, -0.1) is 0 Å². The van der Waals surface area contributed by atoms with Crippen LogP contribution in [0.25, 0.3) is 0 Å². The second-order valence-corrected chi connectivity index (χ2v) is 8.31. The summed E-state index contributed by atoms with van der Waals surface area (Å²) >= 11 is 12.7. The van der Waals surface area contributed by atoms with Crippen LogP contribution in [-0.2, 0) is 9.84 Å². The van der Waals surface area contributed by atoms with E-state index in [-0.39, 0.29) is 25.9 Å². The van der Waals surface area contributed by atoms with Crippen molar-refractivity contribution < 1.29 is 8.42 Å². The first-order valence-electron chi connectivity index (χ1n) is 5.58. The highest BCUT2D eigenvalue weighted by atomic mass is 35.5. The minimum absolute atomic E-state index is 0.0104. The summed E-state index contributed by atoms with van der Waals surface area (Å²) in [6.45, 7) is 1.82. The first kappa shape index (κ1) is 15.6. The van der Waals surface area contributed by atoms with Gasteiger partial charge in [-0.2, -0.15) is 0 Å². The largest absolute Gasteiger partial charge is 0.281 e. The van der Waals surface area contributed by atoms with Crippen LogP contribution in [0.4, 0.5) is 0 Å². The van der Waals surface area contributed by atoms with Crippen LogP contribution in [0.1, 0.15) is 18.5 Å². The van der Waals surface area contributed by atoms with Gasteiger partial charge in [0.2, 0.25) is 0 Å². The lowest BCUT2D eigenvalue weighted by Crippen LogP contribution is -2.18. The molecule has 0 amide bonds. The zero-order valence-electron chi connectivity index (χ0n) is 10.6. The summed E-state index contributed by atoms with van der Waals surface area (Å²) in [5.74, 6) is 0. The highest BCUT2D eigenvalue weighted by Gasteiger charge is 2.17. The predicted octanol–water partition coefficient (Wildman–Crippen LogP) is 3.23. The van der Waals surface area contributed by atoms with E-state index in [1.807, 2.05) is 6.92 Å². The molecule has 0 saturated carbocycles. The summed E-state index contributed by atoms with van der Waals surface area (Å²) in [5, 5.41) is 0.0104. The Bertz CT molecular complexity index is 791. The van der Waals surface area contributed by atoms with E-state index in [4.69, 9.17) is 23.2 Å². The van der Waals surface area contributed by atoms with Crippen molar-refractivity contribution in [2.75, 3.05) is 6.26 Å². The molecule has 0 aliphatic heterocycles. The Morgan fingerprint density at radius 2 is 1.75 bits per heavy atom. The number of hydrogen-bond acceptors (Lipinski definition) is 4. The van der Waals surface area contributed by atoms with E-state index in [1.165, 1.54) is 16.1 Å². The van der Waals surface area contributed by atoms with Crippen LogP contribution in [0.15, 0.2) is 34.0 Å². The normalized spacial score (nSPS) is 13.4. The Morgan fingerprint density at radius 3 is 2.15 bits per heavy atom. The number of aromatic nitrogens is 1. The molecule has 1 aromatic carbocycles. The van der Waals surface area contributed by atoms with Gasteiger partial charge in [-0.3, -0.25) is 8.75 Å². The van der Waals surface area contributed by atoms with E-state index in [0.717, 1.165) is 23.4 Å². The molecule has 2 aromatic rings. The standard InChI is InChI=1S/C12H11Cl2NO3S2/c1-7(15-12(16)10(13)11(14)19-15)8-3-5-9(6-4-8)20(2,17)18/h3-7H,1-2H3. The second-order valence-electron chi connectivity index (χ2n) is 4.33. The third-order valence-corrected chi connectivity index (χ3v) is 6.01. The lowest BCUT2D eigenvalue weighted by Gasteiger charge is -2.12. The number of nitrogens with zero attached hydrogens (tertiary/aromatic N) is 1. The molecule has 1 unspecified atom stereocenters. The lowest BCUT2D eigenvalue weighted by molar-refractivity contribution is 0.601. The molecule has 8 heteroatoms. The van der Waals surface area contributed by atoms with Crippen LogP contribution in [0.5, 0.6) is 0 Å². The molecule has 0 aliphatic carbocycles. The van der Waals surface area contributed by atoms with Gasteiger partial charge in [0.1, 0.15) is 9.36 Å². The molecule has 20 heavy (non-hydrogen) atoms. The van der Waals surface area contributed by atoms with Gasteiger partial charge in [0.15, 0.2) is 9.84 Å². The molecule has 0 N–H and O–H groups in total. The molecule has 108 valence electrons. The minimum atomic E-state index is -3.23. The minimum Gasteiger partial charge on any atom is -0.267 e. The summed E-state index contributed by atoms with van der Waals surface area (Å²) < 4.78 is 24.5. The van der Waals surface area contributed by atoms with Gasteiger partial charge in [0.25, 0.3) is 5.56 Å². The SMILES string of the molecule is CC(c1ccc(S(C)(=O)=O)cc1)n1sc(Cl)c(Cl)c1=O. The average Bonchev–Trinajstić information content (AvgIpc) is 2.65. The molecular weight excluding hydrogens is 341 g/mol. The monoisotopic (exact) mass is 351 g/mol. The molecule has 4 nitrogen and oxygen atoms in total. The molecule has 1 heterocycles. The fraction of sp³-hybridized carbons (Fsp3) is 0.250. The quantitative estimate of drug-likeness (QED) is 0.852. The Labute approximate surface area is 130 Å². The van der Waals surface area contributed by atoms with Crippen LogP contribution in [0.3, 0.4) is 0 Å². The lowest BCUT2D eigenvalue weighted by atomic mass is 10.1. The van der Waals surface area contributed by atoms with Crippen molar-refractivity contribution in [2.45, 2.75) is 17.9 Å². The van der Waals surface area contributed by atoms with Crippen LogP contribution in [0.2, 0.25) is 9.36 Å². The maximum absolute atomic E-state index is 11.9. The Hall–Kier alpha value is -0.820. The predicted molar refractivity (Wildman–Crippen MR) is 82.0 cm³/mol. The van der Waals surface area contributed by atoms with Gasteiger partial charge in [-0.05, 0) is 36.2 Å².